The second-order valence-corrected chi connectivity index (χ2v) is 3.49. The van der Waals surface area contributed by atoms with E-state index < -0.39 is 0 Å². The van der Waals surface area contributed by atoms with Crippen LogP contribution in [0.4, 0.5) is 0 Å². The quantitative estimate of drug-likeness (QED) is 0.367. The van der Waals surface area contributed by atoms with Crippen molar-refractivity contribution in [3.8, 4) is 11.5 Å². The molecule has 0 aliphatic carbocycles. The van der Waals surface area contributed by atoms with Gasteiger partial charge in [-0.05, 0) is 31.0 Å². The van der Waals surface area contributed by atoms with E-state index in [1.54, 1.807) is 6.07 Å². The fraction of sp³-hybridized carbons (Fsp3) is 0.364. The maximum atomic E-state index is 10.4. The number of rotatable bonds is 8. The molecule has 0 aliphatic heterocycles. The van der Waals surface area contributed by atoms with Gasteiger partial charge in [-0.15, -0.1) is 0 Å². The Morgan fingerprint density at radius 3 is 2.56 bits per heavy atom. The molecule has 7 heteroatoms. The molecule has 1 rings (SSSR count). The summed E-state index contributed by atoms with van der Waals surface area (Å²) in [6.07, 6.45) is 1.81. The number of benzene rings is 1. The third kappa shape index (κ3) is 5.11. The average Bonchev–Trinajstić information content (AvgIpc) is 2.34. The predicted octanol–water partition coefficient (Wildman–Crippen LogP) is 1.38. The number of hydrogen-bond donors (Lipinski definition) is 3. The molecular formula is C11H15NO6. The molecule has 0 aromatic heterocycles. The number of carbonyl (C=O) groups is 1. The third-order valence-electron chi connectivity index (χ3n) is 2.12. The molecule has 0 heterocycles. The van der Waals surface area contributed by atoms with Gasteiger partial charge in [-0.2, -0.15) is 0 Å². The number of phenolic OH excluding ortho intramolecular Hbond substituents is 1. The van der Waals surface area contributed by atoms with Crippen LogP contribution in [0, 0.1) is 0 Å². The van der Waals surface area contributed by atoms with E-state index in [0.717, 1.165) is 0 Å². The van der Waals surface area contributed by atoms with Crippen molar-refractivity contribution in [1.29, 1.82) is 0 Å². The summed E-state index contributed by atoms with van der Waals surface area (Å²) in [6.45, 7) is 0.487. The van der Waals surface area contributed by atoms with Crippen molar-refractivity contribution in [3.05, 3.63) is 23.8 Å². The van der Waals surface area contributed by atoms with Gasteiger partial charge in [0, 0.05) is 5.56 Å². The Morgan fingerprint density at radius 2 is 1.94 bits per heavy atom. The summed E-state index contributed by atoms with van der Waals surface area (Å²) in [5.41, 5.74) is 0.374. The van der Waals surface area contributed by atoms with Gasteiger partial charge in [-0.1, -0.05) is 0 Å². The fourth-order valence-electron chi connectivity index (χ4n) is 1.26. The van der Waals surface area contributed by atoms with Crippen LogP contribution in [0.25, 0.3) is 0 Å². The molecular weight excluding hydrogens is 242 g/mol. The van der Waals surface area contributed by atoms with E-state index in [9.17, 15) is 9.90 Å². The van der Waals surface area contributed by atoms with E-state index in [4.69, 9.17) is 15.2 Å². The minimum atomic E-state index is -0.342. The first-order valence-corrected chi connectivity index (χ1v) is 5.35. The van der Waals surface area contributed by atoms with Crippen LogP contribution in [-0.4, -0.2) is 40.4 Å². The number of nitrogens with zero attached hydrogens (tertiary/aromatic N) is 1. The zero-order chi connectivity index (χ0) is 13.4. The number of aromatic hydroxyl groups is 1. The van der Waals surface area contributed by atoms with Crippen molar-refractivity contribution < 1.29 is 29.9 Å². The Bertz CT molecular complexity index is 382. The fourth-order valence-corrected chi connectivity index (χ4v) is 1.26. The van der Waals surface area contributed by atoms with Crippen LogP contribution in [0.2, 0.25) is 0 Å². The molecule has 3 N–H and O–H groups in total. The second kappa shape index (κ2) is 7.62. The first-order chi connectivity index (χ1) is 8.63. The zero-order valence-electron chi connectivity index (χ0n) is 9.65. The molecule has 0 saturated heterocycles. The minimum absolute atomic E-state index is 0.0901. The first-order valence-electron chi connectivity index (χ1n) is 5.35. The molecule has 0 amide bonds. The van der Waals surface area contributed by atoms with Gasteiger partial charge in [0.25, 0.3) is 0 Å². The van der Waals surface area contributed by atoms with Gasteiger partial charge in [0.2, 0.25) is 0 Å². The summed E-state index contributed by atoms with van der Waals surface area (Å²) in [4.78, 5) is 14.8. The summed E-state index contributed by atoms with van der Waals surface area (Å²) in [6, 6.07) is 4.38. The topological polar surface area (TPSA) is 99.5 Å². The smallest absolute Gasteiger partial charge is 0.160 e. The standard InChI is InChI=1S/C11H15NO6/c13-8-9-3-4-11(10(14)7-9)17-5-1-2-6-18-12(15)16/h3-4,7-8,14-16H,1-2,5-6H2. The number of carbonyl (C=O) groups excluding carboxylic acids is 1. The predicted molar refractivity (Wildman–Crippen MR) is 59.6 cm³/mol. The maximum Gasteiger partial charge on any atom is 0.160 e. The van der Waals surface area contributed by atoms with Crippen LogP contribution < -0.4 is 4.74 Å². The number of phenols is 1. The zero-order valence-corrected chi connectivity index (χ0v) is 9.65. The highest BCUT2D eigenvalue weighted by Crippen LogP contribution is 2.26. The Balaban J connectivity index is 2.25. The number of ether oxygens (including phenoxy) is 1. The van der Waals surface area contributed by atoms with Crippen molar-refractivity contribution >= 4 is 6.29 Å². The Morgan fingerprint density at radius 1 is 1.22 bits per heavy atom. The highest BCUT2D eigenvalue weighted by atomic mass is 17.1. The van der Waals surface area contributed by atoms with Gasteiger partial charge < -0.3 is 9.84 Å². The van der Waals surface area contributed by atoms with E-state index in [-0.39, 0.29) is 17.7 Å². The lowest BCUT2D eigenvalue weighted by Crippen LogP contribution is -2.15. The van der Waals surface area contributed by atoms with Crippen LogP contribution in [-0.2, 0) is 4.84 Å². The molecule has 0 aliphatic rings. The van der Waals surface area contributed by atoms with Crippen molar-refractivity contribution in [3.63, 3.8) is 0 Å². The summed E-state index contributed by atoms with van der Waals surface area (Å²) < 4.78 is 5.28. The van der Waals surface area contributed by atoms with Gasteiger partial charge in [-0.25, -0.2) is 0 Å². The van der Waals surface area contributed by atoms with Gasteiger partial charge in [-0.3, -0.25) is 20.0 Å². The Kier molecular flexibility index (Phi) is 6.09. The third-order valence-corrected chi connectivity index (χ3v) is 2.12. The molecule has 7 nitrogen and oxygen atoms in total. The summed E-state index contributed by atoms with van der Waals surface area (Å²) in [7, 11) is 0. The lowest BCUT2D eigenvalue weighted by atomic mass is 10.2. The minimum Gasteiger partial charge on any atom is -0.504 e. The number of unbranched alkanes of at least 4 members (excludes halogenated alkanes) is 1. The van der Waals surface area contributed by atoms with E-state index in [2.05, 4.69) is 4.84 Å². The highest BCUT2D eigenvalue weighted by molar-refractivity contribution is 5.76. The summed E-state index contributed by atoms with van der Waals surface area (Å²) in [5, 5.41) is 25.7. The number of hydrogen-bond acceptors (Lipinski definition) is 7. The van der Waals surface area contributed by atoms with Gasteiger partial charge in [0.15, 0.2) is 11.5 Å². The lowest BCUT2D eigenvalue weighted by Gasteiger charge is -2.09. The Hall–Kier alpha value is -1.67. The first kappa shape index (κ1) is 14.4. The van der Waals surface area contributed by atoms with Gasteiger partial charge >= 0.3 is 0 Å². The van der Waals surface area contributed by atoms with Crippen molar-refractivity contribution in [2.75, 3.05) is 13.2 Å². The van der Waals surface area contributed by atoms with Crippen LogP contribution in [0.5, 0.6) is 11.5 Å². The molecule has 0 bridgehead atoms. The van der Waals surface area contributed by atoms with Gasteiger partial charge in [0.05, 0.1) is 18.6 Å². The van der Waals surface area contributed by atoms with Crippen LogP contribution >= 0.6 is 0 Å². The SMILES string of the molecule is O=Cc1ccc(OCCCCON(O)O)c(O)c1. The van der Waals surface area contributed by atoms with E-state index in [1.807, 2.05) is 0 Å². The molecule has 1 aromatic rings. The van der Waals surface area contributed by atoms with E-state index in [0.29, 0.717) is 37.0 Å². The van der Waals surface area contributed by atoms with Crippen LogP contribution in [0.15, 0.2) is 18.2 Å². The second-order valence-electron chi connectivity index (χ2n) is 3.49. The van der Waals surface area contributed by atoms with Crippen LogP contribution in [0.3, 0.4) is 0 Å². The highest BCUT2D eigenvalue weighted by Gasteiger charge is 2.03. The summed E-state index contributed by atoms with van der Waals surface area (Å²) in [5.74, 6) is 0.209. The maximum absolute atomic E-state index is 10.4. The lowest BCUT2D eigenvalue weighted by molar-refractivity contribution is -0.492. The normalized spacial score (nSPS) is 10.6. The molecule has 0 atom stereocenters. The summed E-state index contributed by atoms with van der Waals surface area (Å²) >= 11 is 0. The van der Waals surface area contributed by atoms with Gasteiger partial charge in [0.1, 0.15) is 6.29 Å². The molecule has 0 saturated carbocycles. The Labute approximate surface area is 104 Å². The number of aldehydes is 1. The monoisotopic (exact) mass is 257 g/mol. The molecule has 0 spiro atoms. The largest absolute Gasteiger partial charge is 0.504 e. The van der Waals surface area contributed by atoms with Crippen molar-refractivity contribution in [1.82, 2.24) is 5.39 Å². The molecule has 100 valence electrons. The van der Waals surface area contributed by atoms with E-state index >= 15 is 0 Å². The molecule has 0 unspecified atom stereocenters. The molecule has 0 fully saturated rings. The average molecular weight is 257 g/mol. The van der Waals surface area contributed by atoms with Crippen LogP contribution in [0.1, 0.15) is 23.2 Å². The van der Waals surface area contributed by atoms with Crippen molar-refractivity contribution in [2.45, 2.75) is 12.8 Å². The molecule has 18 heavy (non-hydrogen) atoms. The molecule has 0 radical (unpaired) electrons. The van der Waals surface area contributed by atoms with Crippen molar-refractivity contribution in [2.24, 2.45) is 0 Å². The molecule has 1 aromatic carbocycles. The van der Waals surface area contributed by atoms with E-state index in [1.165, 1.54) is 12.1 Å².